The number of fused-ring (bicyclic) bond motifs is 2. The van der Waals surface area contributed by atoms with Gasteiger partial charge in [-0.25, -0.2) is 13.4 Å². The van der Waals surface area contributed by atoms with E-state index >= 15 is 0 Å². The summed E-state index contributed by atoms with van der Waals surface area (Å²) in [6, 6.07) is 6.90. The van der Waals surface area contributed by atoms with Crippen LogP contribution in [0.3, 0.4) is 0 Å². The molecule has 3 aromatic rings. The quantitative estimate of drug-likeness (QED) is 0.412. The Bertz CT molecular complexity index is 1350. The van der Waals surface area contributed by atoms with Gasteiger partial charge in [0.2, 0.25) is 0 Å². The van der Waals surface area contributed by atoms with Crippen molar-refractivity contribution in [2.75, 3.05) is 39.8 Å². The third-order valence-corrected chi connectivity index (χ3v) is 10.5. The van der Waals surface area contributed by atoms with Crippen LogP contribution in [0.25, 0.3) is 10.1 Å². The Morgan fingerprint density at radius 2 is 1.88 bits per heavy atom. The largest absolute Gasteiger partial charge is 0.384 e. The first-order valence-electron chi connectivity index (χ1n) is 10.6. The maximum Gasteiger partial charge on any atom is 0.282 e. The Morgan fingerprint density at radius 3 is 2.61 bits per heavy atom. The molecule has 0 unspecified atom stereocenters. The summed E-state index contributed by atoms with van der Waals surface area (Å²) >= 11 is 2.63. The summed E-state index contributed by atoms with van der Waals surface area (Å²) in [5.74, 6) is -0.170. The van der Waals surface area contributed by atoms with E-state index in [0.29, 0.717) is 23.7 Å². The van der Waals surface area contributed by atoms with Gasteiger partial charge in [-0.05, 0) is 24.6 Å². The van der Waals surface area contributed by atoms with Crippen molar-refractivity contribution in [2.45, 2.75) is 17.2 Å². The maximum atomic E-state index is 13.2. The highest BCUT2D eigenvalue weighted by molar-refractivity contribution is 7.91. The number of carbonyl (C=O) groups excluding carboxylic acids is 1. The van der Waals surface area contributed by atoms with Crippen LogP contribution in [0.1, 0.15) is 25.9 Å². The summed E-state index contributed by atoms with van der Waals surface area (Å²) in [7, 11) is -1.61. The molecule has 0 saturated carbocycles. The summed E-state index contributed by atoms with van der Waals surface area (Å²) in [6.45, 7) is 2.91. The fraction of sp³-hybridized carbons (Fsp3) is 0.381. The van der Waals surface area contributed by atoms with Crippen LogP contribution in [0, 0.1) is 5.41 Å². The average Bonchev–Trinajstić information content (AvgIpc) is 3.42. The molecule has 1 fully saturated rings. The SMILES string of the molecule is CN1CCc2nc(C(=O)N3CCN(S(=O)(=O)c4cc5ccc(C(=N)N)cc5s4)CC3)sc2C1. The summed E-state index contributed by atoms with van der Waals surface area (Å²) < 4.78 is 28.9. The molecule has 2 aliphatic rings. The number of piperazine rings is 1. The van der Waals surface area contributed by atoms with E-state index in [4.69, 9.17) is 11.1 Å². The molecule has 9 nitrogen and oxygen atoms in total. The van der Waals surface area contributed by atoms with Crippen molar-refractivity contribution in [1.82, 2.24) is 19.1 Å². The van der Waals surface area contributed by atoms with Crippen LogP contribution in [-0.2, 0) is 23.0 Å². The highest BCUT2D eigenvalue weighted by Gasteiger charge is 2.33. The monoisotopic (exact) mass is 504 g/mol. The second-order valence-corrected chi connectivity index (χ2v) is 12.6. The minimum atomic E-state index is -3.67. The van der Waals surface area contributed by atoms with Gasteiger partial charge in [-0.15, -0.1) is 22.7 Å². The smallest absolute Gasteiger partial charge is 0.282 e. The first kappa shape index (κ1) is 22.4. The Labute approximate surface area is 200 Å². The molecular formula is C21H24N6O3S3. The Kier molecular flexibility index (Phi) is 5.73. The van der Waals surface area contributed by atoms with Crippen molar-refractivity contribution in [2.24, 2.45) is 5.73 Å². The molecule has 0 radical (unpaired) electrons. The third-order valence-electron chi connectivity index (χ3n) is 6.03. The van der Waals surface area contributed by atoms with Crippen molar-refractivity contribution in [3.63, 3.8) is 0 Å². The summed E-state index contributed by atoms with van der Waals surface area (Å²) in [5.41, 5.74) is 7.13. The predicted octanol–water partition coefficient (Wildman–Crippen LogP) is 1.78. The minimum Gasteiger partial charge on any atom is -0.384 e. The van der Waals surface area contributed by atoms with Crippen LogP contribution in [0.5, 0.6) is 0 Å². The van der Waals surface area contributed by atoms with Gasteiger partial charge in [0, 0.05) is 60.8 Å². The number of nitrogens with two attached hydrogens (primary N) is 1. The zero-order chi connectivity index (χ0) is 23.3. The number of amides is 1. The molecular weight excluding hydrogens is 480 g/mol. The normalized spacial score (nSPS) is 17.9. The summed E-state index contributed by atoms with van der Waals surface area (Å²) in [5, 5.41) is 8.88. The molecule has 2 aromatic heterocycles. The number of carbonyl (C=O) groups is 1. The number of nitrogens with zero attached hydrogens (tertiary/aromatic N) is 4. The Hall–Kier alpha value is -2.38. The topological polar surface area (TPSA) is 124 Å². The molecule has 1 aromatic carbocycles. The molecule has 2 aliphatic heterocycles. The lowest BCUT2D eigenvalue weighted by Crippen LogP contribution is -2.50. The Morgan fingerprint density at radius 1 is 1.12 bits per heavy atom. The number of hydrogen-bond donors (Lipinski definition) is 2. The number of nitrogen functional groups attached to an aromatic ring is 1. The van der Waals surface area contributed by atoms with Crippen molar-refractivity contribution < 1.29 is 13.2 Å². The second-order valence-electron chi connectivity index (χ2n) is 8.30. The number of sulfonamides is 1. The van der Waals surface area contributed by atoms with Gasteiger partial charge in [-0.1, -0.05) is 12.1 Å². The maximum absolute atomic E-state index is 13.2. The van der Waals surface area contributed by atoms with E-state index in [9.17, 15) is 13.2 Å². The van der Waals surface area contributed by atoms with Crippen molar-refractivity contribution in [3.8, 4) is 0 Å². The zero-order valence-corrected chi connectivity index (χ0v) is 20.5. The van der Waals surface area contributed by atoms with Gasteiger partial charge in [0.25, 0.3) is 15.9 Å². The van der Waals surface area contributed by atoms with Crippen molar-refractivity contribution >= 4 is 54.5 Å². The van der Waals surface area contributed by atoms with E-state index < -0.39 is 10.0 Å². The van der Waals surface area contributed by atoms with Crippen LogP contribution in [0.4, 0.5) is 0 Å². The number of thiophene rings is 1. The first-order chi connectivity index (χ1) is 15.7. The molecule has 5 rings (SSSR count). The van der Waals surface area contributed by atoms with Gasteiger partial charge in [0.1, 0.15) is 10.0 Å². The number of aromatic nitrogens is 1. The lowest BCUT2D eigenvalue weighted by atomic mass is 10.2. The molecule has 1 amide bonds. The average molecular weight is 505 g/mol. The third kappa shape index (κ3) is 4.17. The standard InChI is InChI=1S/C21H24N6O3S3/c1-25-5-4-15-17(12-25)32-20(24-15)21(28)26-6-8-27(9-7-26)33(29,30)18-11-13-2-3-14(19(22)23)10-16(13)31-18/h2-3,10-11H,4-9,12H2,1H3,(H3,22,23). The highest BCUT2D eigenvalue weighted by atomic mass is 32.2. The molecule has 0 spiro atoms. The van der Waals surface area contributed by atoms with Gasteiger partial charge in [-0.3, -0.25) is 10.2 Å². The first-order valence-corrected chi connectivity index (χ1v) is 13.6. The second kappa shape index (κ2) is 8.44. The number of nitrogens with one attached hydrogen (secondary N) is 1. The zero-order valence-electron chi connectivity index (χ0n) is 18.1. The molecule has 12 heteroatoms. The van der Waals surface area contributed by atoms with Gasteiger partial charge in [-0.2, -0.15) is 4.31 Å². The van der Waals surface area contributed by atoms with Gasteiger partial charge < -0.3 is 15.5 Å². The minimum absolute atomic E-state index is 0.0522. The van der Waals surface area contributed by atoms with E-state index in [1.165, 1.54) is 27.0 Å². The number of benzene rings is 1. The van der Waals surface area contributed by atoms with E-state index in [2.05, 4.69) is 16.9 Å². The van der Waals surface area contributed by atoms with Crippen LogP contribution in [0.2, 0.25) is 0 Å². The molecule has 0 bridgehead atoms. The fourth-order valence-corrected chi connectivity index (χ4v) is 8.28. The number of rotatable bonds is 4. The van der Waals surface area contributed by atoms with Gasteiger partial charge >= 0.3 is 0 Å². The fourth-order valence-electron chi connectivity index (χ4n) is 4.11. The van der Waals surface area contributed by atoms with E-state index in [1.54, 1.807) is 29.2 Å². The van der Waals surface area contributed by atoms with E-state index in [-0.39, 0.29) is 29.0 Å². The van der Waals surface area contributed by atoms with Gasteiger partial charge in [0.15, 0.2) is 5.01 Å². The van der Waals surface area contributed by atoms with Crippen LogP contribution < -0.4 is 5.73 Å². The van der Waals surface area contributed by atoms with Crippen molar-refractivity contribution in [3.05, 3.63) is 45.4 Å². The molecule has 0 atom stereocenters. The van der Waals surface area contributed by atoms with Gasteiger partial charge in [0.05, 0.1) is 5.69 Å². The highest BCUT2D eigenvalue weighted by Crippen LogP contribution is 2.32. The molecule has 0 aliphatic carbocycles. The predicted molar refractivity (Wildman–Crippen MR) is 130 cm³/mol. The number of likely N-dealkylation sites (N-methyl/N-ethyl adjacent to an activating group) is 1. The summed E-state index contributed by atoms with van der Waals surface area (Å²) in [6.07, 6.45) is 0.852. The number of amidine groups is 1. The molecule has 3 N–H and O–H groups in total. The number of thiazole rings is 1. The summed E-state index contributed by atoms with van der Waals surface area (Å²) in [4.78, 5) is 22.6. The van der Waals surface area contributed by atoms with Crippen LogP contribution >= 0.6 is 22.7 Å². The lowest BCUT2D eigenvalue weighted by molar-refractivity contribution is 0.0697. The van der Waals surface area contributed by atoms with Crippen LogP contribution in [-0.4, -0.2) is 79.0 Å². The van der Waals surface area contributed by atoms with E-state index in [0.717, 1.165) is 40.2 Å². The molecule has 1 saturated heterocycles. The molecule has 33 heavy (non-hydrogen) atoms. The molecule has 174 valence electrons. The Balaban J connectivity index is 1.29. The van der Waals surface area contributed by atoms with Crippen molar-refractivity contribution in [1.29, 1.82) is 5.41 Å². The van der Waals surface area contributed by atoms with Crippen LogP contribution in [0.15, 0.2) is 28.5 Å². The van der Waals surface area contributed by atoms with E-state index in [1.807, 2.05) is 0 Å². The lowest BCUT2D eigenvalue weighted by Gasteiger charge is -2.33. The molecule has 4 heterocycles. The number of hydrogen-bond acceptors (Lipinski definition) is 8.